The van der Waals surface area contributed by atoms with E-state index in [-0.39, 0.29) is 23.8 Å². The first-order valence-electron chi connectivity index (χ1n) is 12.4. The predicted molar refractivity (Wildman–Crippen MR) is 123 cm³/mol. The van der Waals surface area contributed by atoms with Gasteiger partial charge in [-0.15, -0.1) is 0 Å². The summed E-state index contributed by atoms with van der Waals surface area (Å²) in [6.45, 7) is 6.06. The van der Waals surface area contributed by atoms with Gasteiger partial charge in [0.15, 0.2) is 0 Å². The van der Waals surface area contributed by atoms with Crippen LogP contribution >= 0.6 is 0 Å². The first-order chi connectivity index (χ1) is 14.0. The first kappa shape index (κ1) is 27.9. The second-order valence-electron chi connectivity index (χ2n) is 8.83. The molecule has 0 fully saturated rings. The first-order valence-corrected chi connectivity index (χ1v) is 12.4. The lowest BCUT2D eigenvalue weighted by Gasteiger charge is -2.17. The van der Waals surface area contributed by atoms with Gasteiger partial charge in [-0.2, -0.15) is 0 Å². The van der Waals surface area contributed by atoms with E-state index in [1.54, 1.807) is 0 Å². The zero-order valence-electron chi connectivity index (χ0n) is 19.9. The third kappa shape index (κ3) is 18.7. The van der Waals surface area contributed by atoms with Gasteiger partial charge in [0.25, 0.3) is 0 Å². The fraction of sp³-hybridized carbons (Fsp3) is 0.920. The SMILES string of the molecule is CCCCCCCCCCCCCCCCCC(=O)NC(C)CC(C)C(=O)OC. The number of unbranched alkanes of at least 4 members (excludes halogenated alkanes) is 14. The van der Waals surface area contributed by atoms with E-state index in [1.807, 2.05) is 13.8 Å². The summed E-state index contributed by atoms with van der Waals surface area (Å²) in [7, 11) is 1.40. The summed E-state index contributed by atoms with van der Waals surface area (Å²) in [4.78, 5) is 23.4. The van der Waals surface area contributed by atoms with Gasteiger partial charge in [-0.25, -0.2) is 0 Å². The molecule has 29 heavy (non-hydrogen) atoms. The number of methoxy groups -OCH3 is 1. The van der Waals surface area contributed by atoms with Crippen molar-refractivity contribution in [2.45, 2.75) is 136 Å². The molecule has 172 valence electrons. The minimum Gasteiger partial charge on any atom is -0.469 e. The number of hydrogen-bond donors (Lipinski definition) is 1. The van der Waals surface area contributed by atoms with Crippen molar-refractivity contribution in [1.82, 2.24) is 5.32 Å². The lowest BCUT2D eigenvalue weighted by molar-refractivity contribution is -0.145. The summed E-state index contributed by atoms with van der Waals surface area (Å²) in [5.74, 6) is -0.293. The molecule has 0 aliphatic carbocycles. The van der Waals surface area contributed by atoms with Gasteiger partial charge in [0.05, 0.1) is 13.0 Å². The third-order valence-corrected chi connectivity index (χ3v) is 5.73. The Hall–Kier alpha value is -1.06. The van der Waals surface area contributed by atoms with Gasteiger partial charge < -0.3 is 10.1 Å². The number of nitrogens with one attached hydrogen (secondary N) is 1. The lowest BCUT2D eigenvalue weighted by atomic mass is 10.0. The molecule has 0 saturated carbocycles. The van der Waals surface area contributed by atoms with E-state index in [9.17, 15) is 9.59 Å². The average Bonchev–Trinajstić information content (AvgIpc) is 2.69. The Morgan fingerprint density at radius 3 is 1.55 bits per heavy atom. The molecule has 0 heterocycles. The zero-order valence-corrected chi connectivity index (χ0v) is 19.9. The Balaban J connectivity index is 3.37. The Kier molecular flexibility index (Phi) is 19.5. The second-order valence-corrected chi connectivity index (χ2v) is 8.83. The molecule has 0 rings (SSSR count). The fourth-order valence-electron chi connectivity index (χ4n) is 3.89. The van der Waals surface area contributed by atoms with Gasteiger partial charge in [-0.1, -0.05) is 104 Å². The zero-order chi connectivity index (χ0) is 21.7. The summed E-state index contributed by atoms with van der Waals surface area (Å²) in [5, 5.41) is 2.99. The van der Waals surface area contributed by atoms with Crippen molar-refractivity contribution >= 4 is 11.9 Å². The Morgan fingerprint density at radius 1 is 0.724 bits per heavy atom. The summed E-state index contributed by atoms with van der Waals surface area (Å²) in [6, 6.07) is 0.00735. The van der Waals surface area contributed by atoms with Gasteiger partial charge in [0.2, 0.25) is 5.91 Å². The van der Waals surface area contributed by atoms with Crippen LogP contribution in [0.2, 0.25) is 0 Å². The van der Waals surface area contributed by atoms with Crippen LogP contribution in [-0.2, 0) is 14.3 Å². The van der Waals surface area contributed by atoms with Crippen molar-refractivity contribution in [3.8, 4) is 0 Å². The number of amides is 1. The summed E-state index contributed by atoms with van der Waals surface area (Å²) in [5.41, 5.74) is 0. The Labute approximate surface area is 180 Å². The van der Waals surface area contributed by atoms with E-state index in [0.717, 1.165) is 12.8 Å². The predicted octanol–water partition coefficient (Wildman–Crippen LogP) is 6.95. The summed E-state index contributed by atoms with van der Waals surface area (Å²) < 4.78 is 4.73. The van der Waals surface area contributed by atoms with Crippen LogP contribution < -0.4 is 5.32 Å². The number of hydrogen-bond acceptors (Lipinski definition) is 3. The maximum absolute atomic E-state index is 12.0. The molecule has 0 spiro atoms. The van der Waals surface area contributed by atoms with Crippen LogP contribution in [0.3, 0.4) is 0 Å². The van der Waals surface area contributed by atoms with Crippen molar-refractivity contribution in [3.63, 3.8) is 0 Å². The largest absolute Gasteiger partial charge is 0.469 e. The molecule has 0 aromatic carbocycles. The van der Waals surface area contributed by atoms with Crippen LogP contribution in [0.5, 0.6) is 0 Å². The normalized spacial score (nSPS) is 13.1. The van der Waals surface area contributed by atoms with Gasteiger partial charge in [0.1, 0.15) is 0 Å². The van der Waals surface area contributed by atoms with Crippen LogP contribution in [0.15, 0.2) is 0 Å². The molecule has 2 unspecified atom stereocenters. The molecule has 2 atom stereocenters. The number of carbonyl (C=O) groups is 2. The van der Waals surface area contributed by atoms with Crippen LogP contribution in [0.25, 0.3) is 0 Å². The molecule has 0 aliphatic rings. The minimum atomic E-state index is -0.214. The van der Waals surface area contributed by atoms with Crippen LogP contribution in [0, 0.1) is 5.92 Å². The minimum absolute atomic E-state index is 0.00735. The Bertz CT molecular complexity index is 398. The molecule has 0 aliphatic heterocycles. The summed E-state index contributed by atoms with van der Waals surface area (Å²) in [6.07, 6.45) is 21.2. The maximum Gasteiger partial charge on any atom is 0.308 e. The highest BCUT2D eigenvalue weighted by Gasteiger charge is 2.17. The van der Waals surface area contributed by atoms with Crippen molar-refractivity contribution in [2.24, 2.45) is 5.92 Å². The highest BCUT2D eigenvalue weighted by atomic mass is 16.5. The monoisotopic (exact) mass is 411 g/mol. The van der Waals surface area contributed by atoms with Crippen molar-refractivity contribution in [3.05, 3.63) is 0 Å². The van der Waals surface area contributed by atoms with Crippen molar-refractivity contribution < 1.29 is 14.3 Å². The molecule has 0 aromatic heterocycles. The van der Waals surface area contributed by atoms with Crippen LogP contribution in [0.4, 0.5) is 0 Å². The number of esters is 1. The quantitative estimate of drug-likeness (QED) is 0.174. The lowest BCUT2D eigenvalue weighted by Crippen LogP contribution is -2.34. The highest BCUT2D eigenvalue weighted by Crippen LogP contribution is 2.14. The van der Waals surface area contributed by atoms with E-state index < -0.39 is 0 Å². The Morgan fingerprint density at radius 2 is 1.14 bits per heavy atom. The molecule has 1 amide bonds. The van der Waals surface area contributed by atoms with Gasteiger partial charge in [0, 0.05) is 12.5 Å². The highest BCUT2D eigenvalue weighted by molar-refractivity contribution is 5.76. The molecule has 0 aromatic rings. The van der Waals surface area contributed by atoms with E-state index in [0.29, 0.717) is 12.8 Å². The molecule has 0 radical (unpaired) electrons. The molecule has 4 heteroatoms. The number of rotatable bonds is 20. The van der Waals surface area contributed by atoms with Gasteiger partial charge >= 0.3 is 5.97 Å². The molecular weight excluding hydrogens is 362 g/mol. The number of carbonyl (C=O) groups excluding carboxylic acids is 2. The standard InChI is InChI=1S/C25H49NO3/c1-5-6-7-8-9-10-11-12-13-14-15-16-17-18-19-20-24(27)26-23(3)21-22(2)25(28)29-4/h22-23H,5-21H2,1-4H3,(H,26,27). The van der Waals surface area contributed by atoms with E-state index in [1.165, 1.54) is 90.6 Å². The topological polar surface area (TPSA) is 55.4 Å². The fourth-order valence-corrected chi connectivity index (χ4v) is 3.89. The molecule has 0 saturated heterocycles. The third-order valence-electron chi connectivity index (χ3n) is 5.73. The smallest absolute Gasteiger partial charge is 0.308 e. The second kappa shape index (κ2) is 20.2. The maximum atomic E-state index is 12.0. The van der Waals surface area contributed by atoms with Crippen LogP contribution in [0.1, 0.15) is 130 Å². The summed E-state index contributed by atoms with van der Waals surface area (Å²) >= 11 is 0. The van der Waals surface area contributed by atoms with Gasteiger partial charge in [-0.05, 0) is 19.8 Å². The molecule has 1 N–H and O–H groups in total. The van der Waals surface area contributed by atoms with Gasteiger partial charge in [-0.3, -0.25) is 9.59 Å². The molecule has 0 bridgehead atoms. The number of ether oxygens (including phenoxy) is 1. The van der Waals surface area contributed by atoms with E-state index in [2.05, 4.69) is 12.2 Å². The van der Waals surface area contributed by atoms with Crippen LogP contribution in [-0.4, -0.2) is 25.0 Å². The van der Waals surface area contributed by atoms with Crippen molar-refractivity contribution in [1.29, 1.82) is 0 Å². The van der Waals surface area contributed by atoms with E-state index in [4.69, 9.17) is 4.74 Å². The average molecular weight is 412 g/mol. The molecular formula is C25H49NO3. The molecule has 4 nitrogen and oxygen atoms in total. The van der Waals surface area contributed by atoms with Crippen molar-refractivity contribution in [2.75, 3.05) is 7.11 Å². The van der Waals surface area contributed by atoms with E-state index >= 15 is 0 Å².